The summed E-state index contributed by atoms with van der Waals surface area (Å²) in [5, 5.41) is 3.10. The number of hydrogen-bond acceptors (Lipinski definition) is 3. The topological polar surface area (TPSA) is 21.3 Å². The molecule has 1 aromatic carbocycles. The van der Waals surface area contributed by atoms with Gasteiger partial charge in [-0.15, -0.1) is 0 Å². The molecular formula is C11H16FNOS. The first-order chi connectivity index (χ1) is 7.24. The highest BCUT2D eigenvalue weighted by atomic mass is 32.2. The van der Waals surface area contributed by atoms with Crippen molar-refractivity contribution in [3.05, 3.63) is 29.6 Å². The van der Waals surface area contributed by atoms with Gasteiger partial charge in [-0.2, -0.15) is 11.8 Å². The van der Waals surface area contributed by atoms with Gasteiger partial charge in [0.2, 0.25) is 0 Å². The van der Waals surface area contributed by atoms with Crippen molar-refractivity contribution >= 4 is 11.8 Å². The number of rotatable bonds is 5. The van der Waals surface area contributed by atoms with Gasteiger partial charge in [-0.3, -0.25) is 0 Å². The van der Waals surface area contributed by atoms with Crippen LogP contribution in [0.1, 0.15) is 11.6 Å². The van der Waals surface area contributed by atoms with Crippen LogP contribution in [0.15, 0.2) is 18.2 Å². The van der Waals surface area contributed by atoms with Crippen LogP contribution in [-0.2, 0) is 0 Å². The van der Waals surface area contributed by atoms with Gasteiger partial charge in [0, 0.05) is 17.4 Å². The number of ether oxygens (including phenoxy) is 1. The molecule has 0 bridgehead atoms. The molecule has 0 aliphatic rings. The van der Waals surface area contributed by atoms with Crippen molar-refractivity contribution in [3.63, 3.8) is 0 Å². The lowest BCUT2D eigenvalue weighted by Gasteiger charge is -2.17. The Labute approximate surface area is 94.2 Å². The van der Waals surface area contributed by atoms with Crippen molar-refractivity contribution in [3.8, 4) is 5.75 Å². The number of halogens is 1. The molecule has 84 valence electrons. The Balaban J connectivity index is 3.01. The molecule has 1 rings (SSSR count). The van der Waals surface area contributed by atoms with Gasteiger partial charge < -0.3 is 10.1 Å². The second-order valence-electron chi connectivity index (χ2n) is 3.16. The lowest BCUT2D eigenvalue weighted by atomic mass is 10.1. The van der Waals surface area contributed by atoms with Crippen LogP contribution in [0, 0.1) is 5.82 Å². The van der Waals surface area contributed by atoms with E-state index in [0.29, 0.717) is 11.3 Å². The highest BCUT2D eigenvalue weighted by Gasteiger charge is 2.16. The summed E-state index contributed by atoms with van der Waals surface area (Å²) in [6.45, 7) is 0. The summed E-state index contributed by atoms with van der Waals surface area (Å²) in [6.07, 6.45) is 2.00. The maximum absolute atomic E-state index is 13.9. The Bertz CT molecular complexity index is 319. The van der Waals surface area contributed by atoms with Crippen LogP contribution in [0.3, 0.4) is 0 Å². The van der Waals surface area contributed by atoms with Gasteiger partial charge in [-0.05, 0) is 19.4 Å². The maximum Gasteiger partial charge on any atom is 0.169 e. The smallest absolute Gasteiger partial charge is 0.169 e. The Morgan fingerprint density at radius 3 is 2.80 bits per heavy atom. The number of nitrogens with one attached hydrogen (secondary N) is 1. The second-order valence-corrected chi connectivity index (χ2v) is 4.07. The van der Waals surface area contributed by atoms with Crippen molar-refractivity contribution < 1.29 is 9.13 Å². The van der Waals surface area contributed by atoms with Crippen LogP contribution in [-0.4, -0.2) is 26.2 Å². The summed E-state index contributed by atoms with van der Waals surface area (Å²) in [4.78, 5) is 0. The van der Waals surface area contributed by atoms with E-state index in [4.69, 9.17) is 4.74 Å². The van der Waals surface area contributed by atoms with Crippen molar-refractivity contribution in [1.82, 2.24) is 5.32 Å². The predicted octanol–water partition coefficient (Wildman–Crippen LogP) is 2.46. The molecule has 1 aromatic rings. The summed E-state index contributed by atoms with van der Waals surface area (Å²) in [5.74, 6) is 0.864. The first-order valence-electron chi connectivity index (χ1n) is 4.73. The third-order valence-corrected chi connectivity index (χ3v) is 2.94. The minimum Gasteiger partial charge on any atom is -0.494 e. The van der Waals surface area contributed by atoms with Gasteiger partial charge in [0.15, 0.2) is 11.6 Å². The van der Waals surface area contributed by atoms with E-state index >= 15 is 0 Å². The SMILES string of the molecule is CNC(CSC)c1cccc(OC)c1F. The molecule has 15 heavy (non-hydrogen) atoms. The first kappa shape index (κ1) is 12.3. The maximum atomic E-state index is 13.9. The molecule has 0 saturated carbocycles. The fourth-order valence-electron chi connectivity index (χ4n) is 1.45. The fourth-order valence-corrected chi connectivity index (χ4v) is 2.13. The van der Waals surface area contributed by atoms with E-state index in [2.05, 4.69) is 5.32 Å². The molecule has 2 nitrogen and oxygen atoms in total. The predicted molar refractivity (Wildman–Crippen MR) is 63.1 cm³/mol. The highest BCUT2D eigenvalue weighted by molar-refractivity contribution is 7.98. The second kappa shape index (κ2) is 5.98. The Morgan fingerprint density at radius 1 is 1.53 bits per heavy atom. The standard InChI is InChI=1S/C11H16FNOS/c1-13-9(7-15-3)8-5-4-6-10(14-2)11(8)12/h4-6,9,13H,7H2,1-3H3. The highest BCUT2D eigenvalue weighted by Crippen LogP contribution is 2.26. The van der Waals surface area contributed by atoms with Crippen molar-refractivity contribution in [2.45, 2.75) is 6.04 Å². The minimum absolute atomic E-state index is 0.0232. The molecule has 0 radical (unpaired) electrons. The van der Waals surface area contributed by atoms with Crippen LogP contribution in [0.2, 0.25) is 0 Å². The average Bonchev–Trinajstić information content (AvgIpc) is 2.27. The number of hydrogen-bond donors (Lipinski definition) is 1. The third-order valence-electron chi connectivity index (χ3n) is 2.27. The van der Waals surface area contributed by atoms with E-state index in [1.54, 1.807) is 23.9 Å². The molecule has 0 aliphatic heterocycles. The molecule has 0 heterocycles. The quantitative estimate of drug-likeness (QED) is 0.838. The van der Waals surface area contributed by atoms with Crippen LogP contribution < -0.4 is 10.1 Å². The summed E-state index contributed by atoms with van der Waals surface area (Å²) in [7, 11) is 3.31. The van der Waals surface area contributed by atoms with Gasteiger partial charge in [0.05, 0.1) is 7.11 Å². The zero-order chi connectivity index (χ0) is 11.3. The van der Waals surface area contributed by atoms with Crippen LogP contribution in [0.4, 0.5) is 4.39 Å². The molecule has 0 fully saturated rings. The van der Waals surface area contributed by atoms with Gasteiger partial charge in [-0.1, -0.05) is 12.1 Å². The Kier molecular flexibility index (Phi) is 4.91. The Morgan fingerprint density at radius 2 is 2.27 bits per heavy atom. The Hall–Kier alpha value is -0.740. The summed E-state index contributed by atoms with van der Waals surface area (Å²) < 4.78 is 18.8. The zero-order valence-corrected chi connectivity index (χ0v) is 10.0. The number of thioether (sulfide) groups is 1. The van der Waals surface area contributed by atoms with Gasteiger partial charge in [0.1, 0.15) is 0 Å². The first-order valence-corrected chi connectivity index (χ1v) is 6.12. The van der Waals surface area contributed by atoms with Crippen molar-refractivity contribution in [2.75, 3.05) is 26.2 Å². The van der Waals surface area contributed by atoms with Gasteiger partial charge in [-0.25, -0.2) is 4.39 Å². The van der Waals surface area contributed by atoms with Gasteiger partial charge in [0.25, 0.3) is 0 Å². The molecule has 4 heteroatoms. The summed E-state index contributed by atoms with van der Waals surface area (Å²) in [5.41, 5.74) is 0.659. The molecular weight excluding hydrogens is 213 g/mol. The van der Waals surface area contributed by atoms with E-state index in [1.807, 2.05) is 19.4 Å². The normalized spacial score (nSPS) is 12.5. The van der Waals surface area contributed by atoms with E-state index in [-0.39, 0.29) is 11.9 Å². The van der Waals surface area contributed by atoms with Crippen molar-refractivity contribution in [1.29, 1.82) is 0 Å². The number of benzene rings is 1. The zero-order valence-electron chi connectivity index (χ0n) is 9.21. The monoisotopic (exact) mass is 229 g/mol. The summed E-state index contributed by atoms with van der Waals surface area (Å²) in [6, 6.07) is 5.25. The summed E-state index contributed by atoms with van der Waals surface area (Å²) >= 11 is 1.68. The van der Waals surface area contributed by atoms with Crippen LogP contribution >= 0.6 is 11.8 Å². The van der Waals surface area contributed by atoms with Crippen molar-refractivity contribution in [2.24, 2.45) is 0 Å². The van der Waals surface area contributed by atoms with E-state index in [0.717, 1.165) is 5.75 Å². The van der Waals surface area contributed by atoms with E-state index in [1.165, 1.54) is 7.11 Å². The molecule has 0 aromatic heterocycles. The van der Waals surface area contributed by atoms with E-state index < -0.39 is 0 Å². The van der Waals surface area contributed by atoms with Gasteiger partial charge >= 0.3 is 0 Å². The van der Waals surface area contributed by atoms with Crippen LogP contribution in [0.25, 0.3) is 0 Å². The molecule has 0 saturated heterocycles. The van der Waals surface area contributed by atoms with E-state index in [9.17, 15) is 4.39 Å². The largest absolute Gasteiger partial charge is 0.494 e. The molecule has 0 spiro atoms. The van der Waals surface area contributed by atoms with Crippen LogP contribution in [0.5, 0.6) is 5.75 Å². The fraction of sp³-hybridized carbons (Fsp3) is 0.455. The molecule has 1 atom stereocenters. The lowest BCUT2D eigenvalue weighted by Crippen LogP contribution is -2.20. The lowest BCUT2D eigenvalue weighted by molar-refractivity contribution is 0.381. The average molecular weight is 229 g/mol. The third kappa shape index (κ3) is 2.86. The molecule has 1 unspecified atom stereocenters. The molecule has 1 N–H and O–H groups in total. The molecule has 0 amide bonds. The molecule has 0 aliphatic carbocycles. The minimum atomic E-state index is -0.270. The number of methoxy groups -OCH3 is 1.